The molecule has 0 heterocycles. The third kappa shape index (κ3) is 7.48. The quantitative estimate of drug-likeness (QED) is 0.710. The Morgan fingerprint density at radius 1 is 1.29 bits per heavy atom. The molecule has 0 saturated carbocycles. The van der Waals surface area contributed by atoms with Gasteiger partial charge in [0.2, 0.25) is 5.91 Å². The van der Waals surface area contributed by atoms with Gasteiger partial charge in [-0.2, -0.15) is 0 Å². The lowest BCUT2D eigenvalue weighted by Crippen LogP contribution is -2.41. The second-order valence-corrected chi connectivity index (χ2v) is 6.01. The van der Waals surface area contributed by atoms with Crippen molar-refractivity contribution in [3.63, 3.8) is 0 Å². The summed E-state index contributed by atoms with van der Waals surface area (Å²) >= 11 is 5.77. The highest BCUT2D eigenvalue weighted by molar-refractivity contribution is 6.30. The van der Waals surface area contributed by atoms with Crippen molar-refractivity contribution in [2.75, 3.05) is 27.2 Å². The monoisotopic (exact) mass is 353 g/mol. The summed E-state index contributed by atoms with van der Waals surface area (Å²) in [4.78, 5) is 25.3. The summed E-state index contributed by atoms with van der Waals surface area (Å²) < 4.78 is 5.33. The van der Waals surface area contributed by atoms with Crippen molar-refractivity contribution in [2.45, 2.75) is 19.4 Å². The Balaban J connectivity index is 2.21. The molecule has 2 N–H and O–H groups in total. The molecule has 132 valence electrons. The van der Waals surface area contributed by atoms with Gasteiger partial charge >= 0.3 is 0 Å². The number of likely N-dealkylation sites (N-methyl/N-ethyl adjacent to an activating group) is 1. The number of nitrogens with zero attached hydrogens (tertiary/aromatic N) is 1. The van der Waals surface area contributed by atoms with E-state index in [1.807, 2.05) is 14.1 Å². The van der Waals surface area contributed by atoms with Crippen molar-refractivity contribution in [1.29, 1.82) is 0 Å². The lowest BCUT2D eigenvalue weighted by atomic mass is 10.2. The fraction of sp³-hybridized carbons (Fsp3) is 0.412. The van der Waals surface area contributed by atoms with Crippen LogP contribution >= 0.6 is 11.6 Å². The molecule has 0 unspecified atom stereocenters. The van der Waals surface area contributed by atoms with Crippen molar-refractivity contribution < 1.29 is 14.3 Å². The molecule has 0 fully saturated rings. The molecule has 0 aromatic heterocycles. The van der Waals surface area contributed by atoms with E-state index in [1.54, 1.807) is 36.1 Å². The van der Waals surface area contributed by atoms with E-state index in [0.29, 0.717) is 29.4 Å². The van der Waals surface area contributed by atoms with Crippen LogP contribution < -0.4 is 15.4 Å². The minimum absolute atomic E-state index is 0.0852. The molecule has 0 aliphatic heterocycles. The summed E-state index contributed by atoms with van der Waals surface area (Å²) in [6.07, 6.45) is 0.457. The van der Waals surface area contributed by atoms with E-state index in [1.165, 1.54) is 0 Å². The van der Waals surface area contributed by atoms with Gasteiger partial charge in [0.15, 0.2) is 6.61 Å². The van der Waals surface area contributed by atoms with E-state index in [2.05, 4.69) is 17.2 Å². The van der Waals surface area contributed by atoms with E-state index in [4.69, 9.17) is 16.3 Å². The second kappa shape index (κ2) is 9.95. The average molecular weight is 354 g/mol. The molecule has 2 amide bonds. The summed E-state index contributed by atoms with van der Waals surface area (Å²) in [5.74, 6) is 0.206. The molecule has 0 spiro atoms. The van der Waals surface area contributed by atoms with E-state index in [-0.39, 0.29) is 24.5 Å². The summed E-state index contributed by atoms with van der Waals surface area (Å²) in [5, 5.41) is 6.04. The maximum absolute atomic E-state index is 11.8. The van der Waals surface area contributed by atoms with Gasteiger partial charge < -0.3 is 15.4 Å². The van der Waals surface area contributed by atoms with Crippen LogP contribution in [0.2, 0.25) is 5.02 Å². The van der Waals surface area contributed by atoms with Crippen LogP contribution in [0.1, 0.15) is 13.3 Å². The number of benzene rings is 1. The Bertz CT molecular complexity index is 573. The summed E-state index contributed by atoms with van der Waals surface area (Å²) in [5.41, 5.74) is 0.563. The van der Waals surface area contributed by atoms with Crippen LogP contribution in [0.3, 0.4) is 0 Å². The molecule has 7 heteroatoms. The number of halogens is 1. The van der Waals surface area contributed by atoms with Gasteiger partial charge in [0.25, 0.3) is 5.91 Å². The number of amides is 2. The molecule has 0 saturated heterocycles. The number of rotatable bonds is 9. The number of nitrogens with one attached hydrogen (secondary N) is 2. The SMILES string of the molecule is C=C(CCNC(=O)COc1ccc(Cl)cc1)NC(=O)[C@@H](C)N(C)C. The molecule has 0 radical (unpaired) electrons. The third-order valence-electron chi connectivity index (χ3n) is 3.39. The molecule has 1 aromatic carbocycles. The summed E-state index contributed by atoms with van der Waals surface area (Å²) in [6.45, 7) is 5.88. The number of hydrogen-bond donors (Lipinski definition) is 2. The maximum atomic E-state index is 11.8. The van der Waals surface area contributed by atoms with E-state index >= 15 is 0 Å². The van der Waals surface area contributed by atoms with Crippen LogP contribution in [0.4, 0.5) is 0 Å². The zero-order valence-electron chi connectivity index (χ0n) is 14.3. The molecule has 0 bridgehead atoms. The number of carbonyl (C=O) groups excluding carboxylic acids is 2. The standard InChI is InChI=1S/C17H24ClN3O3/c1-12(20-17(23)13(2)21(3)4)9-10-19-16(22)11-24-15-7-5-14(18)6-8-15/h5-8,13H,1,9-11H2,2-4H3,(H,19,22)(H,20,23)/t13-/m1/s1. The number of hydrogen-bond acceptors (Lipinski definition) is 4. The van der Waals surface area contributed by atoms with Gasteiger partial charge in [0.1, 0.15) is 5.75 Å². The second-order valence-electron chi connectivity index (χ2n) is 5.57. The van der Waals surface area contributed by atoms with Crippen LogP contribution in [0.5, 0.6) is 5.75 Å². The van der Waals surface area contributed by atoms with Crippen LogP contribution in [-0.4, -0.2) is 50.0 Å². The van der Waals surface area contributed by atoms with Gasteiger partial charge in [-0.15, -0.1) is 0 Å². The lowest BCUT2D eigenvalue weighted by molar-refractivity contribution is -0.124. The molecule has 24 heavy (non-hydrogen) atoms. The fourth-order valence-electron chi connectivity index (χ4n) is 1.66. The molecular formula is C17H24ClN3O3. The van der Waals surface area contributed by atoms with Crippen LogP contribution in [0.15, 0.2) is 36.5 Å². The van der Waals surface area contributed by atoms with Gasteiger partial charge in [-0.25, -0.2) is 0 Å². The first-order valence-electron chi connectivity index (χ1n) is 7.59. The van der Waals surface area contributed by atoms with Gasteiger partial charge in [0, 0.05) is 23.7 Å². The summed E-state index contributed by atoms with van der Waals surface area (Å²) in [6, 6.07) is 6.52. The van der Waals surface area contributed by atoms with Crippen molar-refractivity contribution in [1.82, 2.24) is 15.5 Å². The van der Waals surface area contributed by atoms with Gasteiger partial charge in [-0.05, 0) is 45.3 Å². The molecular weight excluding hydrogens is 330 g/mol. The predicted molar refractivity (Wildman–Crippen MR) is 95.0 cm³/mol. The first kappa shape index (κ1) is 20.0. The Kier molecular flexibility index (Phi) is 8.29. The van der Waals surface area contributed by atoms with Crippen molar-refractivity contribution in [3.8, 4) is 5.75 Å². The van der Waals surface area contributed by atoms with E-state index in [9.17, 15) is 9.59 Å². The molecule has 1 atom stereocenters. The first-order chi connectivity index (χ1) is 11.3. The minimum Gasteiger partial charge on any atom is -0.484 e. The highest BCUT2D eigenvalue weighted by atomic mass is 35.5. The highest BCUT2D eigenvalue weighted by Gasteiger charge is 2.15. The van der Waals surface area contributed by atoms with Crippen LogP contribution in [0, 0.1) is 0 Å². The Morgan fingerprint density at radius 3 is 2.50 bits per heavy atom. The number of ether oxygens (including phenoxy) is 1. The average Bonchev–Trinajstić information content (AvgIpc) is 2.53. The van der Waals surface area contributed by atoms with Gasteiger partial charge in [0.05, 0.1) is 6.04 Å². The predicted octanol–water partition coefficient (Wildman–Crippen LogP) is 1.81. The molecule has 0 aliphatic carbocycles. The fourth-order valence-corrected chi connectivity index (χ4v) is 1.79. The van der Waals surface area contributed by atoms with Crippen molar-refractivity contribution in [3.05, 3.63) is 41.6 Å². The number of carbonyl (C=O) groups is 2. The van der Waals surface area contributed by atoms with Gasteiger partial charge in [-0.1, -0.05) is 18.2 Å². The van der Waals surface area contributed by atoms with Crippen molar-refractivity contribution in [2.24, 2.45) is 0 Å². The molecule has 1 rings (SSSR count). The largest absolute Gasteiger partial charge is 0.484 e. The zero-order chi connectivity index (χ0) is 18.1. The topological polar surface area (TPSA) is 70.7 Å². The smallest absolute Gasteiger partial charge is 0.257 e. The molecule has 6 nitrogen and oxygen atoms in total. The van der Waals surface area contributed by atoms with E-state index < -0.39 is 0 Å². The molecule has 1 aromatic rings. The Labute approximate surface area is 147 Å². The Hall–Kier alpha value is -2.05. The van der Waals surface area contributed by atoms with Crippen molar-refractivity contribution >= 4 is 23.4 Å². The van der Waals surface area contributed by atoms with Crippen LogP contribution in [0.25, 0.3) is 0 Å². The third-order valence-corrected chi connectivity index (χ3v) is 3.64. The summed E-state index contributed by atoms with van der Waals surface area (Å²) in [7, 11) is 3.65. The van der Waals surface area contributed by atoms with Gasteiger partial charge in [-0.3, -0.25) is 14.5 Å². The van der Waals surface area contributed by atoms with E-state index in [0.717, 1.165) is 0 Å². The maximum Gasteiger partial charge on any atom is 0.257 e. The normalized spacial score (nSPS) is 11.7. The Morgan fingerprint density at radius 2 is 1.92 bits per heavy atom. The molecule has 0 aliphatic rings. The van der Waals surface area contributed by atoms with Crippen LogP contribution in [-0.2, 0) is 9.59 Å². The highest BCUT2D eigenvalue weighted by Crippen LogP contribution is 2.15. The first-order valence-corrected chi connectivity index (χ1v) is 7.97. The lowest BCUT2D eigenvalue weighted by Gasteiger charge is -2.19. The zero-order valence-corrected chi connectivity index (χ0v) is 15.0. The minimum atomic E-state index is -0.246.